The Bertz CT molecular complexity index is 897. The Morgan fingerprint density at radius 2 is 1.64 bits per heavy atom. The molecule has 0 fully saturated rings. The topological polar surface area (TPSA) is 114 Å². The van der Waals surface area contributed by atoms with E-state index in [9.17, 15) is 23.2 Å². The number of hydrogen-bond donors (Lipinski definition) is 3. The quantitative estimate of drug-likeness (QED) is 0.655. The van der Waals surface area contributed by atoms with Crippen LogP contribution in [0.15, 0.2) is 23.0 Å². The van der Waals surface area contributed by atoms with E-state index in [1.807, 2.05) is 5.32 Å². The molecule has 1 aliphatic heterocycles. The van der Waals surface area contributed by atoms with Gasteiger partial charge in [0.1, 0.15) is 17.3 Å². The standard InChI is InChI=1S/C13H7F2N3O4/c14-6-1-4(19)2-7(15)10(6)18-8(20)3-5-9(11(18)16)13(22)17-12(5)21/h1-3,19H,16H2,(H,17,21,22). The van der Waals surface area contributed by atoms with Crippen LogP contribution in [0.2, 0.25) is 0 Å². The average Bonchev–Trinajstić information content (AvgIpc) is 2.67. The number of anilines is 1. The molecule has 0 saturated heterocycles. The van der Waals surface area contributed by atoms with Crippen LogP contribution in [0.1, 0.15) is 20.7 Å². The second kappa shape index (κ2) is 4.38. The van der Waals surface area contributed by atoms with Crippen molar-refractivity contribution in [2.45, 2.75) is 0 Å². The van der Waals surface area contributed by atoms with Gasteiger partial charge in [-0.2, -0.15) is 0 Å². The molecule has 1 aromatic carbocycles. The highest BCUT2D eigenvalue weighted by molar-refractivity contribution is 6.23. The molecule has 22 heavy (non-hydrogen) atoms. The monoisotopic (exact) mass is 307 g/mol. The molecule has 0 spiro atoms. The number of benzene rings is 1. The fourth-order valence-corrected chi connectivity index (χ4v) is 2.28. The molecule has 1 aromatic heterocycles. The number of aromatic nitrogens is 1. The highest BCUT2D eigenvalue weighted by atomic mass is 19.1. The van der Waals surface area contributed by atoms with Crippen LogP contribution in [0.4, 0.5) is 14.6 Å². The fraction of sp³-hybridized carbons (Fsp3) is 0. The number of rotatable bonds is 1. The summed E-state index contributed by atoms with van der Waals surface area (Å²) in [6, 6.07) is 1.93. The van der Waals surface area contributed by atoms with E-state index in [1.54, 1.807) is 0 Å². The molecule has 0 unspecified atom stereocenters. The molecule has 112 valence electrons. The average molecular weight is 307 g/mol. The lowest BCUT2D eigenvalue weighted by molar-refractivity contribution is 0.0880. The van der Waals surface area contributed by atoms with Crippen LogP contribution in [0.25, 0.3) is 5.69 Å². The van der Waals surface area contributed by atoms with Crippen molar-refractivity contribution in [3.63, 3.8) is 0 Å². The number of carbonyl (C=O) groups excluding carboxylic acids is 2. The summed E-state index contributed by atoms with van der Waals surface area (Å²) in [5.41, 5.74) is 3.21. The number of phenols is 1. The Hall–Kier alpha value is -3.23. The van der Waals surface area contributed by atoms with Crippen LogP contribution in [-0.4, -0.2) is 21.5 Å². The summed E-state index contributed by atoms with van der Waals surface area (Å²) in [7, 11) is 0. The molecule has 0 radical (unpaired) electrons. The molecule has 3 rings (SSSR count). The third-order valence-corrected chi connectivity index (χ3v) is 3.18. The van der Waals surface area contributed by atoms with E-state index in [4.69, 9.17) is 10.8 Å². The summed E-state index contributed by atoms with van der Waals surface area (Å²) >= 11 is 0. The highest BCUT2D eigenvalue weighted by Crippen LogP contribution is 2.27. The third kappa shape index (κ3) is 1.75. The molecule has 7 nitrogen and oxygen atoms in total. The van der Waals surface area contributed by atoms with Crippen molar-refractivity contribution < 1.29 is 23.5 Å². The van der Waals surface area contributed by atoms with Crippen LogP contribution in [-0.2, 0) is 0 Å². The van der Waals surface area contributed by atoms with Gasteiger partial charge in [-0.15, -0.1) is 0 Å². The minimum Gasteiger partial charge on any atom is -0.508 e. The van der Waals surface area contributed by atoms with Gasteiger partial charge in [0.15, 0.2) is 11.6 Å². The van der Waals surface area contributed by atoms with Gasteiger partial charge in [0.25, 0.3) is 17.4 Å². The number of nitrogens with zero attached hydrogens (tertiary/aromatic N) is 1. The molecule has 1 aliphatic rings. The summed E-state index contributed by atoms with van der Waals surface area (Å²) in [5, 5.41) is 11.1. The predicted molar refractivity (Wildman–Crippen MR) is 69.8 cm³/mol. The van der Waals surface area contributed by atoms with Crippen molar-refractivity contribution >= 4 is 17.6 Å². The summed E-state index contributed by atoms with van der Waals surface area (Å²) < 4.78 is 28.2. The van der Waals surface area contributed by atoms with Gasteiger partial charge in [0.05, 0.1) is 11.1 Å². The molecule has 0 saturated carbocycles. The van der Waals surface area contributed by atoms with E-state index in [0.29, 0.717) is 16.7 Å². The number of phenolic OH excluding ortho intramolecular Hbond substituents is 1. The summed E-state index contributed by atoms with van der Waals surface area (Å²) in [6.07, 6.45) is 0. The summed E-state index contributed by atoms with van der Waals surface area (Å²) in [6.45, 7) is 0. The lowest BCUT2D eigenvalue weighted by Crippen LogP contribution is -2.25. The molecule has 4 N–H and O–H groups in total. The zero-order valence-electron chi connectivity index (χ0n) is 10.7. The number of carbonyl (C=O) groups is 2. The number of imide groups is 1. The Kier molecular flexibility index (Phi) is 2.74. The minimum atomic E-state index is -1.25. The Balaban J connectivity index is 2.40. The molecule has 0 aliphatic carbocycles. The largest absolute Gasteiger partial charge is 0.508 e. The Labute approximate surface area is 120 Å². The number of nitrogens with two attached hydrogens (primary N) is 1. The lowest BCUT2D eigenvalue weighted by Gasteiger charge is -2.13. The first-order chi connectivity index (χ1) is 10.3. The number of pyridine rings is 1. The Morgan fingerprint density at radius 3 is 2.23 bits per heavy atom. The molecule has 2 heterocycles. The van der Waals surface area contributed by atoms with E-state index in [-0.39, 0.29) is 11.1 Å². The van der Waals surface area contributed by atoms with Gasteiger partial charge < -0.3 is 10.8 Å². The van der Waals surface area contributed by atoms with Crippen LogP contribution < -0.4 is 16.6 Å². The number of amides is 2. The van der Waals surface area contributed by atoms with E-state index in [2.05, 4.69) is 0 Å². The van der Waals surface area contributed by atoms with Gasteiger partial charge in [-0.1, -0.05) is 0 Å². The molecular weight excluding hydrogens is 300 g/mol. The number of fused-ring (bicyclic) bond motifs is 1. The second-order valence-electron chi connectivity index (χ2n) is 4.53. The van der Waals surface area contributed by atoms with Crippen LogP contribution >= 0.6 is 0 Å². The SMILES string of the molecule is Nc1c2c(cc(=O)n1-c1c(F)cc(O)cc1F)C(=O)NC2=O. The highest BCUT2D eigenvalue weighted by Gasteiger charge is 2.32. The van der Waals surface area contributed by atoms with Crippen molar-refractivity contribution in [2.75, 3.05) is 5.73 Å². The van der Waals surface area contributed by atoms with Crippen molar-refractivity contribution in [3.8, 4) is 11.4 Å². The van der Waals surface area contributed by atoms with Crippen molar-refractivity contribution in [1.29, 1.82) is 0 Å². The fourth-order valence-electron chi connectivity index (χ4n) is 2.28. The van der Waals surface area contributed by atoms with Crippen LogP contribution in [0, 0.1) is 11.6 Å². The van der Waals surface area contributed by atoms with Gasteiger partial charge in [-0.05, 0) is 0 Å². The number of aromatic hydroxyl groups is 1. The lowest BCUT2D eigenvalue weighted by atomic mass is 10.1. The molecule has 0 bridgehead atoms. The van der Waals surface area contributed by atoms with E-state index in [0.717, 1.165) is 6.07 Å². The molecule has 0 atom stereocenters. The van der Waals surface area contributed by atoms with Crippen LogP contribution in [0.3, 0.4) is 0 Å². The van der Waals surface area contributed by atoms with Gasteiger partial charge in [0.2, 0.25) is 0 Å². The molecule has 9 heteroatoms. The van der Waals surface area contributed by atoms with Gasteiger partial charge >= 0.3 is 0 Å². The van der Waals surface area contributed by atoms with Gasteiger partial charge in [-0.25, -0.2) is 8.78 Å². The first-order valence-corrected chi connectivity index (χ1v) is 5.91. The van der Waals surface area contributed by atoms with Crippen LogP contribution in [0.5, 0.6) is 5.75 Å². The zero-order valence-corrected chi connectivity index (χ0v) is 10.7. The normalized spacial score (nSPS) is 13.2. The second-order valence-corrected chi connectivity index (χ2v) is 4.53. The number of nitrogen functional groups attached to an aromatic ring is 1. The smallest absolute Gasteiger partial charge is 0.262 e. The first-order valence-electron chi connectivity index (χ1n) is 5.91. The summed E-state index contributed by atoms with van der Waals surface area (Å²) in [4.78, 5) is 35.2. The van der Waals surface area contributed by atoms with Gasteiger partial charge in [0, 0.05) is 18.2 Å². The van der Waals surface area contributed by atoms with E-state index in [1.165, 1.54) is 0 Å². The maximum atomic E-state index is 13.9. The summed E-state index contributed by atoms with van der Waals surface area (Å²) in [5.74, 6) is -5.45. The number of halogens is 2. The maximum absolute atomic E-state index is 13.9. The molecule has 2 amide bonds. The van der Waals surface area contributed by atoms with Crippen molar-refractivity contribution in [2.24, 2.45) is 0 Å². The minimum absolute atomic E-state index is 0.261. The molecule has 2 aromatic rings. The Morgan fingerprint density at radius 1 is 1.05 bits per heavy atom. The predicted octanol–water partition coefficient (Wildman–Crippen LogP) is 0.287. The third-order valence-electron chi connectivity index (χ3n) is 3.18. The van der Waals surface area contributed by atoms with E-state index >= 15 is 0 Å². The maximum Gasteiger partial charge on any atom is 0.262 e. The van der Waals surface area contributed by atoms with Gasteiger partial charge in [-0.3, -0.25) is 24.3 Å². The van der Waals surface area contributed by atoms with Crippen molar-refractivity contribution in [1.82, 2.24) is 9.88 Å². The van der Waals surface area contributed by atoms with E-state index < -0.39 is 46.3 Å². The number of nitrogens with one attached hydrogen (secondary N) is 1. The first kappa shape index (κ1) is 13.7. The molecular formula is C13H7F2N3O4. The number of hydrogen-bond acceptors (Lipinski definition) is 5. The zero-order chi connectivity index (χ0) is 16.2. The van der Waals surface area contributed by atoms with Crippen molar-refractivity contribution in [3.05, 3.63) is 51.3 Å².